The third kappa shape index (κ3) is 6.01. The van der Waals surface area contributed by atoms with Crippen LogP contribution in [-0.4, -0.2) is 37.6 Å². The molecule has 0 bridgehead atoms. The van der Waals surface area contributed by atoms with Gasteiger partial charge in [-0.15, -0.1) is 0 Å². The molecular weight excluding hydrogens is 336 g/mol. The molecule has 2 rings (SSSR count). The van der Waals surface area contributed by atoms with E-state index in [4.69, 9.17) is 9.47 Å². The number of pyridine rings is 1. The van der Waals surface area contributed by atoms with Crippen LogP contribution in [0.2, 0.25) is 0 Å². The van der Waals surface area contributed by atoms with E-state index in [9.17, 15) is 14.4 Å². The Morgan fingerprint density at radius 3 is 2.31 bits per heavy atom. The third-order valence-corrected chi connectivity index (χ3v) is 3.40. The first-order valence-electron chi connectivity index (χ1n) is 8.25. The molecule has 0 unspecified atom stereocenters. The molecule has 7 heteroatoms. The molecule has 0 fully saturated rings. The van der Waals surface area contributed by atoms with Crippen LogP contribution in [0.25, 0.3) is 0 Å². The number of rotatable bonds is 8. The number of hydrogen-bond donors (Lipinski definition) is 1. The average Bonchev–Trinajstić information content (AvgIpc) is 2.66. The highest BCUT2D eigenvalue weighted by atomic mass is 16.5. The minimum Gasteiger partial charge on any atom is -0.461 e. The summed E-state index contributed by atoms with van der Waals surface area (Å²) in [4.78, 5) is 35.2. The second-order valence-corrected chi connectivity index (χ2v) is 5.32. The van der Waals surface area contributed by atoms with Crippen LogP contribution in [0.3, 0.4) is 0 Å². The highest BCUT2D eigenvalue weighted by molar-refractivity contribution is 5.94. The van der Waals surface area contributed by atoms with Gasteiger partial charge in [-0.1, -0.05) is 18.2 Å². The number of nitrogens with zero attached hydrogens (tertiary/aromatic N) is 1. The van der Waals surface area contributed by atoms with Crippen molar-refractivity contribution >= 4 is 17.8 Å². The van der Waals surface area contributed by atoms with Crippen LogP contribution < -0.4 is 9.88 Å². The fraction of sp³-hybridized carbons (Fsp3) is 0.263. The monoisotopic (exact) mass is 357 g/mol. The number of hydrogen-bond acceptors (Lipinski definition) is 5. The van der Waals surface area contributed by atoms with Crippen molar-refractivity contribution in [3.05, 3.63) is 66.0 Å². The quantitative estimate of drug-likeness (QED) is 0.435. The number of amides is 1. The second kappa shape index (κ2) is 9.93. The van der Waals surface area contributed by atoms with Crippen LogP contribution >= 0.6 is 0 Å². The summed E-state index contributed by atoms with van der Waals surface area (Å²) in [5, 5.41) is 2.67. The summed E-state index contributed by atoms with van der Waals surface area (Å²) in [7, 11) is 0. The molecule has 0 aliphatic rings. The Hall–Kier alpha value is -3.22. The van der Waals surface area contributed by atoms with Gasteiger partial charge in [-0.2, -0.15) is 4.57 Å². The third-order valence-electron chi connectivity index (χ3n) is 3.40. The van der Waals surface area contributed by atoms with E-state index in [2.05, 4.69) is 5.32 Å². The van der Waals surface area contributed by atoms with Gasteiger partial charge in [-0.3, -0.25) is 4.79 Å². The lowest BCUT2D eigenvalue weighted by Crippen LogP contribution is -2.38. The molecule has 0 radical (unpaired) electrons. The van der Waals surface area contributed by atoms with Crippen molar-refractivity contribution in [3.63, 3.8) is 0 Å². The Kier molecular flexibility index (Phi) is 7.30. The van der Waals surface area contributed by atoms with Gasteiger partial charge in [0.2, 0.25) is 6.54 Å². The first kappa shape index (κ1) is 19.1. The molecule has 1 aromatic carbocycles. The minimum absolute atomic E-state index is 0.0785. The van der Waals surface area contributed by atoms with Crippen LogP contribution in [0.1, 0.15) is 27.6 Å². The van der Waals surface area contributed by atoms with Crippen molar-refractivity contribution in [2.45, 2.75) is 13.5 Å². The summed E-state index contributed by atoms with van der Waals surface area (Å²) in [6.07, 6.45) is 3.25. The van der Waals surface area contributed by atoms with Gasteiger partial charge in [0.15, 0.2) is 12.4 Å². The van der Waals surface area contributed by atoms with Gasteiger partial charge < -0.3 is 14.8 Å². The Labute approximate surface area is 151 Å². The molecule has 0 saturated carbocycles. The molecule has 1 amide bonds. The van der Waals surface area contributed by atoms with E-state index < -0.39 is 5.97 Å². The standard InChI is InChI=1S/C19H20N2O5/c1-2-25-17(22)14-21-11-8-15(9-12-21)18(23)20-10-13-26-19(24)16-6-4-3-5-7-16/h3-9,11-12H,2,10,13-14H2,1H3/p+1. The minimum atomic E-state index is -0.431. The van der Waals surface area contributed by atoms with Crippen LogP contribution in [-0.2, 0) is 20.8 Å². The maximum atomic E-state index is 12.0. The number of carbonyl (C=O) groups excluding carboxylic acids is 3. The molecule has 1 N–H and O–H groups in total. The lowest BCUT2D eigenvalue weighted by Gasteiger charge is -2.06. The smallest absolute Gasteiger partial charge is 0.372 e. The molecular formula is C19H21N2O5+. The SMILES string of the molecule is CCOC(=O)C[n+]1ccc(C(=O)NCCOC(=O)c2ccccc2)cc1. The fourth-order valence-electron chi connectivity index (χ4n) is 2.14. The molecule has 2 aromatic rings. The maximum Gasteiger partial charge on any atom is 0.372 e. The molecule has 26 heavy (non-hydrogen) atoms. The number of ether oxygens (including phenoxy) is 2. The summed E-state index contributed by atoms with van der Waals surface area (Å²) in [5.74, 6) is -1.06. The lowest BCUT2D eigenvalue weighted by atomic mass is 10.2. The summed E-state index contributed by atoms with van der Waals surface area (Å²) >= 11 is 0. The normalized spacial score (nSPS) is 10.0. The Bertz CT molecular complexity index is 744. The van der Waals surface area contributed by atoms with Crippen molar-refractivity contribution in [2.24, 2.45) is 0 Å². The number of carbonyl (C=O) groups is 3. The molecule has 0 aliphatic carbocycles. The van der Waals surface area contributed by atoms with Gasteiger partial charge in [0.25, 0.3) is 5.91 Å². The molecule has 0 aliphatic heterocycles. The van der Waals surface area contributed by atoms with Crippen LogP contribution in [0.15, 0.2) is 54.9 Å². The molecule has 0 spiro atoms. The van der Waals surface area contributed by atoms with Gasteiger partial charge in [0.05, 0.1) is 24.3 Å². The molecule has 7 nitrogen and oxygen atoms in total. The van der Waals surface area contributed by atoms with E-state index in [-0.39, 0.29) is 31.6 Å². The first-order chi connectivity index (χ1) is 12.6. The molecule has 136 valence electrons. The van der Waals surface area contributed by atoms with Gasteiger partial charge >= 0.3 is 11.9 Å². The Balaban J connectivity index is 1.74. The predicted octanol–water partition coefficient (Wildman–Crippen LogP) is 1.12. The highest BCUT2D eigenvalue weighted by Gasteiger charge is 2.12. The number of benzene rings is 1. The van der Waals surface area contributed by atoms with E-state index in [1.54, 1.807) is 60.3 Å². The van der Waals surface area contributed by atoms with E-state index >= 15 is 0 Å². The maximum absolute atomic E-state index is 12.0. The van der Waals surface area contributed by atoms with Crippen molar-refractivity contribution in [2.75, 3.05) is 19.8 Å². The highest BCUT2D eigenvalue weighted by Crippen LogP contribution is 2.00. The van der Waals surface area contributed by atoms with E-state index in [0.29, 0.717) is 17.7 Å². The van der Waals surface area contributed by atoms with Gasteiger partial charge in [0.1, 0.15) is 6.61 Å². The summed E-state index contributed by atoms with van der Waals surface area (Å²) in [6, 6.07) is 11.8. The van der Waals surface area contributed by atoms with E-state index in [1.165, 1.54) is 0 Å². The van der Waals surface area contributed by atoms with Gasteiger partial charge in [-0.25, -0.2) is 9.59 Å². The fourth-order valence-corrected chi connectivity index (χ4v) is 2.14. The Morgan fingerprint density at radius 1 is 0.962 bits per heavy atom. The summed E-state index contributed by atoms with van der Waals surface area (Å²) in [5.41, 5.74) is 0.910. The number of nitrogens with one attached hydrogen (secondary N) is 1. The lowest BCUT2D eigenvalue weighted by molar-refractivity contribution is -0.686. The zero-order valence-corrected chi connectivity index (χ0v) is 14.5. The topological polar surface area (TPSA) is 85.6 Å². The van der Waals surface area contributed by atoms with Crippen molar-refractivity contribution in [1.82, 2.24) is 5.32 Å². The van der Waals surface area contributed by atoms with Crippen LogP contribution in [0.5, 0.6) is 0 Å². The van der Waals surface area contributed by atoms with Crippen molar-refractivity contribution in [3.8, 4) is 0 Å². The first-order valence-corrected chi connectivity index (χ1v) is 8.25. The van der Waals surface area contributed by atoms with Crippen molar-refractivity contribution in [1.29, 1.82) is 0 Å². The summed E-state index contributed by atoms with van der Waals surface area (Å²) < 4.78 is 11.6. The van der Waals surface area contributed by atoms with E-state index in [1.807, 2.05) is 6.07 Å². The van der Waals surface area contributed by atoms with Crippen LogP contribution in [0.4, 0.5) is 0 Å². The molecule has 1 aromatic heterocycles. The zero-order valence-electron chi connectivity index (χ0n) is 14.5. The van der Waals surface area contributed by atoms with Crippen LogP contribution in [0, 0.1) is 0 Å². The Morgan fingerprint density at radius 2 is 1.65 bits per heavy atom. The zero-order chi connectivity index (χ0) is 18.8. The number of aromatic nitrogens is 1. The van der Waals surface area contributed by atoms with Gasteiger partial charge in [-0.05, 0) is 19.1 Å². The number of esters is 2. The summed E-state index contributed by atoms with van der Waals surface area (Å²) in [6.45, 7) is 2.44. The molecule has 0 saturated heterocycles. The predicted molar refractivity (Wildman–Crippen MR) is 92.3 cm³/mol. The van der Waals surface area contributed by atoms with E-state index in [0.717, 1.165) is 0 Å². The average molecular weight is 357 g/mol. The van der Waals surface area contributed by atoms with Gasteiger partial charge in [0, 0.05) is 12.1 Å². The second-order valence-electron chi connectivity index (χ2n) is 5.32. The molecule has 0 atom stereocenters. The van der Waals surface area contributed by atoms with Crippen molar-refractivity contribution < 1.29 is 28.4 Å². The largest absolute Gasteiger partial charge is 0.461 e. The molecule has 1 heterocycles.